The lowest BCUT2D eigenvalue weighted by Gasteiger charge is -2.10. The molecule has 1 aromatic carbocycles. The molecule has 4 rings (SSSR count). The molecule has 2 aromatic heterocycles. The molecular formula is C20H20N4O4S. The fourth-order valence-corrected chi connectivity index (χ4v) is 3.77. The van der Waals surface area contributed by atoms with E-state index in [0.29, 0.717) is 11.5 Å². The Hall–Kier alpha value is -3.20. The normalized spacial score (nSPS) is 13.3. The van der Waals surface area contributed by atoms with Crippen LogP contribution in [0.3, 0.4) is 0 Å². The van der Waals surface area contributed by atoms with Crippen LogP contribution in [0.15, 0.2) is 46.6 Å². The van der Waals surface area contributed by atoms with Crippen molar-refractivity contribution < 1.29 is 14.3 Å². The van der Waals surface area contributed by atoms with Gasteiger partial charge in [-0.05, 0) is 43.3 Å². The van der Waals surface area contributed by atoms with Crippen molar-refractivity contribution in [1.29, 1.82) is 0 Å². The number of carbonyl (C=O) groups excluding carboxylic acids is 2. The molecule has 2 heterocycles. The monoisotopic (exact) mass is 412 g/mol. The van der Waals surface area contributed by atoms with E-state index in [1.54, 1.807) is 35.8 Å². The molecule has 0 aliphatic heterocycles. The van der Waals surface area contributed by atoms with Crippen LogP contribution in [0.1, 0.15) is 36.2 Å². The lowest BCUT2D eigenvalue weighted by molar-refractivity contribution is -0.117. The number of para-hydroxylation sites is 1. The van der Waals surface area contributed by atoms with Crippen LogP contribution in [0.2, 0.25) is 0 Å². The van der Waals surface area contributed by atoms with Crippen LogP contribution >= 0.6 is 11.3 Å². The molecule has 9 heteroatoms. The summed E-state index contributed by atoms with van der Waals surface area (Å²) in [6, 6.07) is 10.5. The molecule has 0 spiro atoms. The number of carbonyl (C=O) groups is 2. The lowest BCUT2D eigenvalue weighted by Crippen LogP contribution is -2.30. The van der Waals surface area contributed by atoms with Crippen molar-refractivity contribution in [1.82, 2.24) is 14.3 Å². The lowest BCUT2D eigenvalue weighted by atomic mass is 10.2. The minimum Gasteiger partial charge on any atom is -0.462 e. The maximum atomic E-state index is 12.8. The summed E-state index contributed by atoms with van der Waals surface area (Å²) >= 11 is 1.50. The summed E-state index contributed by atoms with van der Waals surface area (Å²) in [5.41, 5.74) is 0.298. The van der Waals surface area contributed by atoms with Gasteiger partial charge in [-0.2, -0.15) is 0 Å². The van der Waals surface area contributed by atoms with E-state index in [-0.39, 0.29) is 30.4 Å². The van der Waals surface area contributed by atoms with Gasteiger partial charge in [-0.1, -0.05) is 18.2 Å². The molecule has 1 saturated carbocycles. The standard InChI is InChI=1S/C20H20N4O4S/c1-2-28-19(26)14-6-3-4-7-15(14)21-17(25)12-23-20(27)24(13-9-10-13)18(22-23)16-8-5-11-29-16/h3-8,11,13H,2,9-10,12H2,1H3,(H,21,25). The van der Waals surface area contributed by atoms with E-state index in [9.17, 15) is 14.4 Å². The number of hydrogen-bond acceptors (Lipinski definition) is 6. The molecule has 0 unspecified atom stereocenters. The maximum absolute atomic E-state index is 12.8. The summed E-state index contributed by atoms with van der Waals surface area (Å²) in [6.07, 6.45) is 1.87. The number of thiophene rings is 1. The van der Waals surface area contributed by atoms with Gasteiger partial charge in [0.15, 0.2) is 5.82 Å². The summed E-state index contributed by atoms with van der Waals surface area (Å²) < 4.78 is 7.87. The largest absolute Gasteiger partial charge is 0.462 e. The highest BCUT2D eigenvalue weighted by Gasteiger charge is 2.31. The van der Waals surface area contributed by atoms with Crippen LogP contribution in [-0.2, 0) is 16.1 Å². The van der Waals surface area contributed by atoms with Crippen molar-refractivity contribution in [2.45, 2.75) is 32.4 Å². The van der Waals surface area contributed by atoms with Gasteiger partial charge in [0.1, 0.15) is 6.54 Å². The molecule has 1 fully saturated rings. The number of esters is 1. The number of aromatic nitrogens is 3. The van der Waals surface area contributed by atoms with E-state index in [2.05, 4.69) is 10.4 Å². The number of ether oxygens (including phenoxy) is 1. The number of nitrogens with one attached hydrogen (secondary N) is 1. The molecule has 1 aliphatic rings. The van der Waals surface area contributed by atoms with Crippen molar-refractivity contribution in [2.24, 2.45) is 0 Å². The number of hydrogen-bond donors (Lipinski definition) is 1. The van der Waals surface area contributed by atoms with Gasteiger partial charge < -0.3 is 10.1 Å². The number of nitrogens with zero attached hydrogens (tertiary/aromatic N) is 3. The molecule has 0 bridgehead atoms. The second kappa shape index (κ2) is 8.04. The molecule has 0 saturated heterocycles. The Labute approximate surface area is 170 Å². The van der Waals surface area contributed by atoms with E-state index in [1.807, 2.05) is 17.5 Å². The zero-order valence-electron chi connectivity index (χ0n) is 15.8. The van der Waals surface area contributed by atoms with E-state index in [1.165, 1.54) is 16.0 Å². The Kier molecular flexibility index (Phi) is 5.30. The van der Waals surface area contributed by atoms with E-state index in [4.69, 9.17) is 4.74 Å². The van der Waals surface area contributed by atoms with Gasteiger partial charge >= 0.3 is 11.7 Å². The van der Waals surface area contributed by atoms with Crippen molar-refractivity contribution in [3.63, 3.8) is 0 Å². The van der Waals surface area contributed by atoms with Gasteiger partial charge in [-0.3, -0.25) is 9.36 Å². The molecule has 3 aromatic rings. The molecule has 29 heavy (non-hydrogen) atoms. The molecule has 0 atom stereocenters. The molecule has 1 N–H and O–H groups in total. The van der Waals surface area contributed by atoms with Crippen LogP contribution in [0.5, 0.6) is 0 Å². The Bertz CT molecular complexity index is 1100. The summed E-state index contributed by atoms with van der Waals surface area (Å²) in [5, 5.41) is 9.02. The second-order valence-corrected chi connectivity index (χ2v) is 7.60. The van der Waals surface area contributed by atoms with Crippen LogP contribution in [0.4, 0.5) is 5.69 Å². The zero-order valence-corrected chi connectivity index (χ0v) is 16.6. The minimum absolute atomic E-state index is 0.140. The van der Waals surface area contributed by atoms with E-state index >= 15 is 0 Å². The fourth-order valence-electron chi connectivity index (χ4n) is 3.06. The number of benzene rings is 1. The van der Waals surface area contributed by atoms with Crippen molar-refractivity contribution in [3.05, 3.63) is 57.8 Å². The quantitative estimate of drug-likeness (QED) is 0.602. The van der Waals surface area contributed by atoms with Gasteiger partial charge in [0, 0.05) is 6.04 Å². The molecule has 0 radical (unpaired) electrons. The third-order valence-electron chi connectivity index (χ3n) is 4.51. The first-order chi connectivity index (χ1) is 14.1. The molecule has 150 valence electrons. The molecular weight excluding hydrogens is 392 g/mol. The first-order valence-corrected chi connectivity index (χ1v) is 10.3. The first-order valence-electron chi connectivity index (χ1n) is 9.37. The third-order valence-corrected chi connectivity index (χ3v) is 5.38. The zero-order chi connectivity index (χ0) is 20.4. The minimum atomic E-state index is -0.515. The average molecular weight is 412 g/mol. The van der Waals surface area contributed by atoms with Gasteiger partial charge in [0.05, 0.1) is 22.7 Å². The number of rotatable bonds is 7. The smallest absolute Gasteiger partial charge is 0.346 e. The molecule has 1 amide bonds. The van der Waals surface area contributed by atoms with Crippen molar-refractivity contribution in [2.75, 3.05) is 11.9 Å². The maximum Gasteiger partial charge on any atom is 0.346 e. The van der Waals surface area contributed by atoms with Crippen LogP contribution < -0.4 is 11.0 Å². The van der Waals surface area contributed by atoms with Gasteiger partial charge in [0.25, 0.3) is 0 Å². The topological polar surface area (TPSA) is 95.2 Å². The van der Waals surface area contributed by atoms with Crippen molar-refractivity contribution in [3.8, 4) is 10.7 Å². The van der Waals surface area contributed by atoms with E-state index in [0.717, 1.165) is 17.7 Å². The average Bonchev–Trinajstić information content (AvgIpc) is 3.28. The van der Waals surface area contributed by atoms with Gasteiger partial charge in [-0.25, -0.2) is 14.3 Å². The Morgan fingerprint density at radius 1 is 1.24 bits per heavy atom. The predicted octanol–water partition coefficient (Wildman–Crippen LogP) is 2.92. The van der Waals surface area contributed by atoms with Crippen LogP contribution in [0.25, 0.3) is 10.7 Å². The SMILES string of the molecule is CCOC(=O)c1ccccc1NC(=O)Cn1nc(-c2cccs2)n(C2CC2)c1=O. The number of amides is 1. The highest BCUT2D eigenvalue weighted by Crippen LogP contribution is 2.37. The van der Waals surface area contributed by atoms with Gasteiger partial charge in [-0.15, -0.1) is 16.4 Å². The summed E-state index contributed by atoms with van der Waals surface area (Å²) in [6.45, 7) is 1.71. The molecule has 8 nitrogen and oxygen atoms in total. The van der Waals surface area contributed by atoms with Crippen LogP contribution in [0, 0.1) is 0 Å². The van der Waals surface area contributed by atoms with Gasteiger partial charge in [0.2, 0.25) is 5.91 Å². The summed E-state index contributed by atoms with van der Waals surface area (Å²) in [7, 11) is 0. The predicted molar refractivity (Wildman–Crippen MR) is 109 cm³/mol. The molecule has 1 aliphatic carbocycles. The number of anilines is 1. The highest BCUT2D eigenvalue weighted by atomic mass is 32.1. The Balaban J connectivity index is 1.57. The Morgan fingerprint density at radius 2 is 2.03 bits per heavy atom. The van der Waals surface area contributed by atoms with Crippen LogP contribution in [-0.4, -0.2) is 32.8 Å². The summed E-state index contributed by atoms with van der Waals surface area (Å²) in [5.74, 6) is -0.368. The fraction of sp³-hybridized carbons (Fsp3) is 0.300. The Morgan fingerprint density at radius 3 is 2.72 bits per heavy atom. The summed E-state index contributed by atoms with van der Waals surface area (Å²) in [4.78, 5) is 38.4. The second-order valence-electron chi connectivity index (χ2n) is 6.66. The highest BCUT2D eigenvalue weighted by molar-refractivity contribution is 7.13. The van der Waals surface area contributed by atoms with E-state index < -0.39 is 11.9 Å². The van der Waals surface area contributed by atoms with Crippen molar-refractivity contribution >= 4 is 28.9 Å². The third kappa shape index (κ3) is 4.00. The first kappa shape index (κ1) is 19.1.